The predicted octanol–water partition coefficient (Wildman–Crippen LogP) is 13.2. The molecule has 2 aliphatic carbocycles. The summed E-state index contributed by atoms with van der Waals surface area (Å²) in [6.07, 6.45) is 5.60. The molecule has 0 saturated carbocycles. The van der Waals surface area contributed by atoms with Crippen LogP contribution in [-0.4, -0.2) is 132 Å². The molecular weight excluding hydrogens is 1140 g/mol. The van der Waals surface area contributed by atoms with E-state index in [1.807, 2.05) is 83.1 Å². The molecule has 12 N–H and O–H groups in total. The molecule has 0 fully saturated rings. The van der Waals surface area contributed by atoms with E-state index in [2.05, 4.69) is 147 Å². The number of aliphatic hydroxyl groups excluding tert-OH is 2. The third-order valence-electron chi connectivity index (χ3n) is 9.61. The Hall–Kier alpha value is -7.26. The molecule has 5 amide bonds. The zero-order valence-corrected chi connectivity index (χ0v) is 58.9. The van der Waals surface area contributed by atoms with Crippen LogP contribution in [0.3, 0.4) is 0 Å². The lowest BCUT2D eigenvalue weighted by Crippen LogP contribution is -2.21. The van der Waals surface area contributed by atoms with Crippen LogP contribution in [0.2, 0.25) is 0 Å². The highest BCUT2D eigenvalue weighted by Crippen LogP contribution is 2.45. The Morgan fingerprint density at radius 1 is 0.432 bits per heavy atom. The third kappa shape index (κ3) is 57.8. The van der Waals surface area contributed by atoms with Gasteiger partial charge in [0.1, 0.15) is 19.0 Å². The van der Waals surface area contributed by atoms with E-state index in [1.165, 1.54) is 91.7 Å². The van der Waals surface area contributed by atoms with E-state index in [0.29, 0.717) is 38.9 Å². The lowest BCUT2D eigenvalue weighted by Gasteiger charge is -2.13. The Balaban J connectivity index is -0.000000119. The molecule has 0 bridgehead atoms. The lowest BCUT2D eigenvalue weighted by molar-refractivity contribution is -0.136. The van der Waals surface area contributed by atoms with Gasteiger partial charge in [-0.1, -0.05) is 206 Å². The first kappa shape index (κ1) is 99.8. The molecular formula is C68H121N7O12S. The van der Waals surface area contributed by atoms with Gasteiger partial charge in [0.25, 0.3) is 0 Å². The number of Topliss-reactive ketones (excluding diaryl/α,β-unsaturated/α-hetero) is 1. The highest BCUT2D eigenvalue weighted by Gasteiger charge is 2.30. The summed E-state index contributed by atoms with van der Waals surface area (Å²) < 4.78 is 10.5. The minimum atomic E-state index is -0.745. The summed E-state index contributed by atoms with van der Waals surface area (Å²) in [4.78, 5) is 71.5. The molecule has 2 aliphatic rings. The Kier molecular flexibility index (Phi) is 86.0. The maximum atomic E-state index is 11.3. The van der Waals surface area contributed by atoms with E-state index in [1.54, 1.807) is 42.2 Å². The van der Waals surface area contributed by atoms with E-state index in [9.17, 15) is 33.6 Å². The fraction of sp³-hybridized carbons (Fsp3) is 0.515. The maximum Gasteiger partial charge on any atom is 0.406 e. The normalized spacial score (nSPS) is 9.20. The average molecular weight is 1260 g/mol. The predicted molar refractivity (Wildman–Crippen MR) is 373 cm³/mol. The van der Waals surface area contributed by atoms with E-state index in [0.717, 1.165) is 12.9 Å². The number of carbonyl (C=O) groups is 7. The smallest absolute Gasteiger partial charge is 0.406 e. The van der Waals surface area contributed by atoms with Gasteiger partial charge in [0.05, 0.1) is 5.76 Å². The van der Waals surface area contributed by atoms with Crippen molar-refractivity contribution in [3.05, 3.63) is 132 Å². The average Bonchev–Trinajstić information content (AvgIpc) is 1.76. The fourth-order valence-electron chi connectivity index (χ4n) is 5.87. The molecule has 4 aromatic carbocycles. The number of aliphatic hydroxyl groups is 2. The van der Waals surface area contributed by atoms with E-state index < -0.39 is 5.97 Å². The Morgan fingerprint density at radius 2 is 0.602 bits per heavy atom. The molecule has 0 saturated heterocycles. The number of carboxylic acid groups (broad SMARTS) is 1. The second-order valence-electron chi connectivity index (χ2n) is 17.2. The van der Waals surface area contributed by atoms with Gasteiger partial charge in [-0.3, -0.25) is 19.2 Å². The lowest BCUT2D eigenvalue weighted by atomic mass is 9.98. The van der Waals surface area contributed by atoms with Crippen LogP contribution in [0.25, 0.3) is 22.3 Å². The Labute approximate surface area is 537 Å². The van der Waals surface area contributed by atoms with Gasteiger partial charge in [0, 0.05) is 86.3 Å². The molecule has 4 aromatic rings. The van der Waals surface area contributed by atoms with Crippen LogP contribution >= 0.6 is 12.6 Å². The minimum absolute atomic E-state index is 0.0926. The van der Waals surface area contributed by atoms with E-state index in [-0.39, 0.29) is 59.7 Å². The summed E-state index contributed by atoms with van der Waals surface area (Å²) in [5.74, 6) is 1.16. The fourth-order valence-corrected chi connectivity index (χ4v) is 5.87. The molecule has 0 heterocycles. The zero-order chi connectivity index (χ0) is 70.4. The van der Waals surface area contributed by atoms with Crippen molar-refractivity contribution in [2.24, 2.45) is 11.5 Å². The summed E-state index contributed by atoms with van der Waals surface area (Å²) in [6.45, 7) is 30.7. The monoisotopic (exact) mass is 1260 g/mol. The number of rotatable bonds is 9. The van der Waals surface area contributed by atoms with Crippen molar-refractivity contribution in [2.45, 2.75) is 160 Å². The molecule has 19 nitrogen and oxygen atoms in total. The number of nitrogens with two attached hydrogens (primary N) is 2. The number of aliphatic carboxylic acids is 1. The Morgan fingerprint density at radius 3 is 0.716 bits per heavy atom. The number of carbonyl (C=O) groups excluding carboxylic acids is 6. The molecule has 506 valence electrons. The number of hydrogen-bond donors (Lipinski definition) is 11. The number of carboxylic acids is 1. The number of benzene rings is 4. The first-order valence-corrected chi connectivity index (χ1v) is 30.5. The van der Waals surface area contributed by atoms with E-state index in [4.69, 9.17) is 24.8 Å². The summed E-state index contributed by atoms with van der Waals surface area (Å²) in [7, 11) is 12.0. The summed E-state index contributed by atoms with van der Waals surface area (Å²) in [5, 5.41) is 35.3. The number of ether oxygens (including phenoxy) is 2. The molecule has 0 aromatic heterocycles. The van der Waals surface area contributed by atoms with Crippen molar-refractivity contribution >= 4 is 54.3 Å². The van der Waals surface area contributed by atoms with Gasteiger partial charge in [0.15, 0.2) is 0 Å². The van der Waals surface area contributed by atoms with Crippen LogP contribution in [-0.2, 0) is 33.4 Å². The molecule has 6 rings (SSSR count). The highest BCUT2D eigenvalue weighted by atomic mass is 32.1. The van der Waals surface area contributed by atoms with Crippen molar-refractivity contribution in [3.63, 3.8) is 0 Å². The molecule has 0 aliphatic heterocycles. The van der Waals surface area contributed by atoms with Crippen molar-refractivity contribution in [3.8, 4) is 22.3 Å². The van der Waals surface area contributed by atoms with Crippen molar-refractivity contribution in [2.75, 3.05) is 75.4 Å². The largest absolute Gasteiger partial charge is 0.513 e. The SMILES string of the molecule is C=C(O)CC.CC(C)=O.CCC.CCC.CCC.CCC(=O)NC.CCC(=O)NC.CCC(=O)NC.CCC(=O)O.CCS.CN.CN.CNC(=O)OCC1c2ccccc2-c2ccccc21.CNC(=O)OCC1c2ccccc2-c2ccccc21.CO. The third-order valence-corrected chi connectivity index (χ3v) is 9.61. The highest BCUT2D eigenvalue weighted by molar-refractivity contribution is 7.80. The first-order valence-electron chi connectivity index (χ1n) is 29.9. The second kappa shape index (κ2) is 75.8. The number of thiol groups is 1. The first-order chi connectivity index (χ1) is 42.0. The van der Waals surface area contributed by atoms with Gasteiger partial charge in [-0.05, 0) is 78.2 Å². The van der Waals surface area contributed by atoms with Gasteiger partial charge in [0.2, 0.25) is 17.7 Å². The number of nitrogens with one attached hydrogen (secondary N) is 5. The van der Waals surface area contributed by atoms with Gasteiger partial charge in [-0.2, -0.15) is 12.6 Å². The number of amides is 5. The van der Waals surface area contributed by atoms with Crippen molar-refractivity contribution in [1.82, 2.24) is 26.6 Å². The van der Waals surface area contributed by atoms with Crippen LogP contribution < -0.4 is 38.1 Å². The number of allylic oxidation sites excluding steroid dienone is 1. The van der Waals surface area contributed by atoms with Crippen LogP contribution in [0.5, 0.6) is 0 Å². The van der Waals surface area contributed by atoms with Gasteiger partial charge >= 0.3 is 18.2 Å². The van der Waals surface area contributed by atoms with Crippen LogP contribution in [0.4, 0.5) is 9.59 Å². The summed E-state index contributed by atoms with van der Waals surface area (Å²) in [6, 6.07) is 33.2. The number of alkyl carbamates (subject to hydrolysis) is 2. The molecule has 0 unspecified atom stereocenters. The van der Waals surface area contributed by atoms with Gasteiger partial charge in [-0.15, -0.1) is 0 Å². The molecule has 0 radical (unpaired) electrons. The molecule has 0 atom stereocenters. The Bertz CT molecular complexity index is 2040. The number of fused-ring (bicyclic) bond motifs is 6. The number of hydrogen-bond acceptors (Lipinski definition) is 14. The second-order valence-corrected chi connectivity index (χ2v) is 17.9. The topological polar surface area (TPSA) is 311 Å². The maximum absolute atomic E-state index is 11.3. The van der Waals surface area contributed by atoms with Gasteiger partial charge in [-0.25, -0.2) is 9.59 Å². The molecule has 0 spiro atoms. The van der Waals surface area contributed by atoms with Crippen molar-refractivity contribution in [1.29, 1.82) is 0 Å². The van der Waals surface area contributed by atoms with Gasteiger partial charge < -0.3 is 67.6 Å². The van der Waals surface area contributed by atoms with Crippen LogP contribution in [0.15, 0.2) is 109 Å². The standard InChI is InChI=1S/2C16H15NO2.3C4H9NO.C4H8O.C3H6O2.C3H6O.3C3H8.C2H6S.2CH5N.CH4O/c2*1-17-16(18)19-10-15-13-8-4-2-6-11(13)12-7-3-5-9-14(12)15;3*1-3-4(6)5-2;1-3-4(2)5;1-2-3(4)5;1-3(2)4;3*1-3-2;1-2-3;3*1-2/h2*2-9,15H,10H2,1H3,(H,17,18);3*3H2,1-2H3,(H,5,6);5H,2-3H2,1H3;2H2,1H3,(H,4,5);1-2H3;3*3H2,1-2H3;3H,2H2,1H3;2*2H2,1H3;2H,1H3. The minimum Gasteiger partial charge on any atom is -0.513 e. The summed E-state index contributed by atoms with van der Waals surface area (Å²) in [5.41, 5.74) is 18.9. The molecule has 88 heavy (non-hydrogen) atoms. The van der Waals surface area contributed by atoms with E-state index >= 15 is 0 Å². The summed E-state index contributed by atoms with van der Waals surface area (Å²) >= 11 is 3.79. The molecule has 20 heteroatoms. The van der Waals surface area contributed by atoms with Crippen LogP contribution in [0.1, 0.15) is 182 Å². The van der Waals surface area contributed by atoms with Crippen molar-refractivity contribution < 1.29 is 58.4 Å². The number of ketones is 1. The quantitative estimate of drug-likeness (QED) is 0.0549. The zero-order valence-electron chi connectivity index (χ0n) is 58.0. The van der Waals surface area contributed by atoms with Crippen LogP contribution in [0, 0.1) is 0 Å².